The van der Waals surface area contributed by atoms with Gasteiger partial charge in [-0.15, -0.1) is 0 Å². The zero-order chi connectivity index (χ0) is 16.5. The summed E-state index contributed by atoms with van der Waals surface area (Å²) in [7, 11) is 0. The molecule has 0 aliphatic rings. The monoisotopic (exact) mass is 314 g/mol. The van der Waals surface area contributed by atoms with Crippen LogP contribution in [0.2, 0.25) is 0 Å². The summed E-state index contributed by atoms with van der Waals surface area (Å²) in [5, 5.41) is 9.66. The average Bonchev–Trinajstić information content (AvgIpc) is 2.93. The zero-order valence-corrected chi connectivity index (χ0v) is 12.8. The van der Waals surface area contributed by atoms with Crippen LogP contribution in [0.5, 0.6) is 5.75 Å². The van der Waals surface area contributed by atoms with Crippen molar-refractivity contribution >= 4 is 11.0 Å². The van der Waals surface area contributed by atoms with Crippen molar-refractivity contribution in [1.82, 2.24) is 9.55 Å². The second-order valence-electron chi connectivity index (χ2n) is 5.47. The summed E-state index contributed by atoms with van der Waals surface area (Å²) in [5.74, 6) is 0.516. The summed E-state index contributed by atoms with van der Waals surface area (Å²) in [4.78, 5) is 16.4. The first kappa shape index (κ1) is 14.2. The van der Waals surface area contributed by atoms with E-state index in [-0.39, 0.29) is 5.75 Å². The van der Waals surface area contributed by atoms with E-state index in [1.165, 1.54) is 12.1 Å². The number of fused-ring (bicyclic) bond motifs is 1. The molecule has 3 aromatic carbocycles. The number of para-hydroxylation sites is 2. The van der Waals surface area contributed by atoms with Crippen LogP contribution in [0.1, 0.15) is 0 Å². The van der Waals surface area contributed by atoms with Gasteiger partial charge in [-0.2, -0.15) is 0 Å². The van der Waals surface area contributed by atoms with Crippen molar-refractivity contribution in [3.63, 3.8) is 0 Å². The lowest BCUT2D eigenvalue weighted by atomic mass is 10.2. The molecule has 0 radical (unpaired) electrons. The molecular weight excluding hydrogens is 300 g/mol. The predicted octanol–water partition coefficient (Wildman–Crippen LogP) is 3.76. The van der Waals surface area contributed by atoms with E-state index in [9.17, 15) is 9.90 Å². The molecular formula is C20H14N2O2. The van der Waals surface area contributed by atoms with E-state index in [4.69, 9.17) is 4.98 Å². The highest BCUT2D eigenvalue weighted by molar-refractivity contribution is 5.83. The lowest BCUT2D eigenvalue weighted by molar-refractivity contribution is 0.471. The molecule has 1 N–H and O–H groups in total. The van der Waals surface area contributed by atoms with Gasteiger partial charge in [0, 0.05) is 11.3 Å². The van der Waals surface area contributed by atoms with Gasteiger partial charge < -0.3 is 5.11 Å². The molecule has 0 spiro atoms. The molecule has 0 atom stereocenters. The lowest BCUT2D eigenvalue weighted by Crippen LogP contribution is -1.96. The number of imidazole rings is 1. The highest BCUT2D eigenvalue weighted by atomic mass is 16.3. The Hall–Kier alpha value is -3.40. The number of aromatic hydroxyl groups is 1. The number of rotatable bonds is 2. The SMILES string of the molecule is O=c1ccc(-n2c(-c3ccccc3)nc3ccccc32)ccc1O. The second-order valence-corrected chi connectivity index (χ2v) is 5.47. The van der Waals surface area contributed by atoms with E-state index < -0.39 is 5.43 Å². The fraction of sp³-hybridized carbons (Fsp3) is 0. The molecule has 0 amide bonds. The molecule has 0 saturated heterocycles. The van der Waals surface area contributed by atoms with Gasteiger partial charge >= 0.3 is 0 Å². The molecule has 24 heavy (non-hydrogen) atoms. The molecule has 0 bridgehead atoms. The topological polar surface area (TPSA) is 55.1 Å². The van der Waals surface area contributed by atoms with Gasteiger partial charge in [-0.1, -0.05) is 42.5 Å². The molecule has 4 rings (SSSR count). The van der Waals surface area contributed by atoms with Gasteiger partial charge in [-0.3, -0.25) is 9.36 Å². The van der Waals surface area contributed by atoms with Crippen LogP contribution in [0.15, 0.2) is 83.7 Å². The summed E-state index contributed by atoms with van der Waals surface area (Å²) >= 11 is 0. The molecule has 4 heteroatoms. The Labute approximate surface area is 138 Å². The van der Waals surface area contributed by atoms with Crippen LogP contribution in [0.3, 0.4) is 0 Å². The highest BCUT2D eigenvalue weighted by Crippen LogP contribution is 2.28. The van der Waals surface area contributed by atoms with Crippen LogP contribution in [0.4, 0.5) is 0 Å². The molecule has 0 unspecified atom stereocenters. The molecule has 0 fully saturated rings. The Morgan fingerprint density at radius 3 is 2.33 bits per heavy atom. The van der Waals surface area contributed by atoms with Crippen molar-refractivity contribution < 1.29 is 5.11 Å². The number of hydrogen-bond acceptors (Lipinski definition) is 3. The van der Waals surface area contributed by atoms with E-state index in [1.54, 1.807) is 12.1 Å². The molecule has 0 aliphatic carbocycles. The number of aromatic nitrogens is 2. The maximum atomic E-state index is 11.7. The van der Waals surface area contributed by atoms with E-state index in [0.717, 1.165) is 28.1 Å². The third-order valence-corrected chi connectivity index (χ3v) is 3.92. The fourth-order valence-electron chi connectivity index (χ4n) is 2.77. The van der Waals surface area contributed by atoms with Crippen LogP contribution in [0.25, 0.3) is 28.1 Å². The minimum atomic E-state index is -0.410. The molecule has 1 heterocycles. The Morgan fingerprint density at radius 1 is 0.792 bits per heavy atom. The first-order valence-corrected chi connectivity index (χ1v) is 7.61. The molecule has 0 saturated carbocycles. The van der Waals surface area contributed by atoms with Crippen LogP contribution in [0, 0.1) is 0 Å². The Bertz CT molecular complexity index is 1090. The minimum absolute atomic E-state index is 0.271. The highest BCUT2D eigenvalue weighted by Gasteiger charge is 2.13. The number of benzene rings is 2. The van der Waals surface area contributed by atoms with E-state index >= 15 is 0 Å². The van der Waals surface area contributed by atoms with Gasteiger partial charge in [-0.05, 0) is 36.4 Å². The van der Waals surface area contributed by atoms with Crippen LogP contribution in [-0.2, 0) is 0 Å². The lowest BCUT2D eigenvalue weighted by Gasteiger charge is -2.08. The third-order valence-electron chi connectivity index (χ3n) is 3.92. The second kappa shape index (κ2) is 5.66. The Balaban J connectivity index is 2.07. The maximum absolute atomic E-state index is 11.7. The first-order chi connectivity index (χ1) is 11.7. The van der Waals surface area contributed by atoms with Gasteiger partial charge in [0.2, 0.25) is 5.43 Å². The number of nitrogens with zero attached hydrogens (tertiary/aromatic N) is 2. The first-order valence-electron chi connectivity index (χ1n) is 7.61. The molecule has 4 nitrogen and oxygen atoms in total. The predicted molar refractivity (Wildman–Crippen MR) is 94.4 cm³/mol. The quantitative estimate of drug-likeness (QED) is 0.613. The zero-order valence-electron chi connectivity index (χ0n) is 12.8. The summed E-state index contributed by atoms with van der Waals surface area (Å²) in [6, 6.07) is 23.9. The van der Waals surface area contributed by atoms with Gasteiger partial charge in [0.15, 0.2) is 5.75 Å². The third kappa shape index (κ3) is 2.34. The summed E-state index contributed by atoms with van der Waals surface area (Å²) in [6.45, 7) is 0. The molecule has 116 valence electrons. The largest absolute Gasteiger partial charge is 0.504 e. The summed E-state index contributed by atoms with van der Waals surface area (Å²) in [6.07, 6.45) is 0. The molecule has 4 aromatic rings. The maximum Gasteiger partial charge on any atom is 0.220 e. The van der Waals surface area contributed by atoms with Crippen molar-refractivity contribution in [3.8, 4) is 22.8 Å². The van der Waals surface area contributed by atoms with E-state index in [2.05, 4.69) is 0 Å². The normalized spacial score (nSPS) is 10.8. The van der Waals surface area contributed by atoms with Crippen LogP contribution >= 0.6 is 0 Å². The minimum Gasteiger partial charge on any atom is -0.504 e. The van der Waals surface area contributed by atoms with E-state index in [0.29, 0.717) is 0 Å². The summed E-state index contributed by atoms with van der Waals surface area (Å²) < 4.78 is 1.99. The molecule has 0 aliphatic heterocycles. The van der Waals surface area contributed by atoms with Crippen molar-refractivity contribution in [3.05, 3.63) is 89.1 Å². The Morgan fingerprint density at radius 2 is 1.50 bits per heavy atom. The number of hydrogen-bond donors (Lipinski definition) is 1. The Kier molecular flexibility index (Phi) is 3.35. The van der Waals surface area contributed by atoms with E-state index in [1.807, 2.05) is 59.2 Å². The van der Waals surface area contributed by atoms with Gasteiger partial charge in [0.1, 0.15) is 5.82 Å². The van der Waals surface area contributed by atoms with Crippen molar-refractivity contribution in [2.24, 2.45) is 0 Å². The van der Waals surface area contributed by atoms with Crippen molar-refractivity contribution in [2.45, 2.75) is 0 Å². The molecule has 1 aromatic heterocycles. The fourth-order valence-corrected chi connectivity index (χ4v) is 2.77. The van der Waals surface area contributed by atoms with Crippen LogP contribution < -0.4 is 5.43 Å². The van der Waals surface area contributed by atoms with Gasteiger partial charge in [0.05, 0.1) is 11.0 Å². The summed E-state index contributed by atoms with van der Waals surface area (Å²) in [5.41, 5.74) is 3.14. The van der Waals surface area contributed by atoms with Crippen molar-refractivity contribution in [2.75, 3.05) is 0 Å². The standard InChI is InChI=1S/C20H14N2O2/c23-18-12-10-15(11-13-19(18)24)22-17-9-5-4-8-16(17)21-20(22)14-6-2-1-3-7-14/h1-13H,(H,23,24). The van der Waals surface area contributed by atoms with Crippen molar-refractivity contribution in [1.29, 1.82) is 0 Å². The smallest absolute Gasteiger partial charge is 0.220 e. The van der Waals surface area contributed by atoms with Gasteiger partial charge in [-0.25, -0.2) is 4.98 Å². The average molecular weight is 314 g/mol. The van der Waals surface area contributed by atoms with Crippen LogP contribution in [-0.4, -0.2) is 14.7 Å². The van der Waals surface area contributed by atoms with Gasteiger partial charge in [0.25, 0.3) is 0 Å².